The second-order valence-corrected chi connectivity index (χ2v) is 18.2. The Morgan fingerprint density at radius 2 is 1.64 bits per heavy atom. The number of nitrogens with zero attached hydrogens (tertiary/aromatic N) is 1. The van der Waals surface area contributed by atoms with Gasteiger partial charge in [-0.05, 0) is 97.7 Å². The standard InChI is InChI=1S/C36H66NO6P.H2O/c1-27(2)10-9-11-28(3)32-14-15-33-31-13-12-29-26-30(16-18-35(29,4)34(31)17-19-36(32,33)5)41-24-22-40-23-25-43-44(38,39)42-21-20-37(6,7)8;/h12,27-28,30-34H,9-11,13-26H2,1-8H3;1H2/t28-,30?,31+,32-,33+,34+,35+,36-;/m1./s1. The Labute approximate surface area is 275 Å². The summed E-state index contributed by atoms with van der Waals surface area (Å²) >= 11 is 0. The number of ether oxygens (including phenoxy) is 2. The van der Waals surface area contributed by atoms with Crippen LogP contribution in [0, 0.1) is 46.3 Å². The lowest BCUT2D eigenvalue weighted by atomic mass is 9.47. The maximum Gasteiger partial charge on any atom is 0.472 e. The average molecular weight is 658 g/mol. The molecule has 45 heavy (non-hydrogen) atoms. The van der Waals surface area contributed by atoms with Gasteiger partial charge in [0.15, 0.2) is 0 Å². The van der Waals surface area contributed by atoms with Gasteiger partial charge in [-0.2, -0.15) is 0 Å². The minimum absolute atomic E-state index is 0. The molecule has 8 nitrogen and oxygen atoms in total. The maximum atomic E-state index is 12.0. The second-order valence-electron chi connectivity index (χ2n) is 16.8. The van der Waals surface area contributed by atoms with E-state index in [1.165, 1.54) is 57.8 Å². The van der Waals surface area contributed by atoms with Gasteiger partial charge in [0.05, 0.1) is 53.7 Å². The highest BCUT2D eigenvalue weighted by molar-refractivity contribution is 7.47. The van der Waals surface area contributed by atoms with Crippen LogP contribution in [-0.2, 0) is 23.1 Å². The van der Waals surface area contributed by atoms with Crippen LogP contribution in [0.2, 0.25) is 0 Å². The van der Waals surface area contributed by atoms with Gasteiger partial charge in [0.25, 0.3) is 0 Å². The Balaban J connectivity index is 0.00000552. The van der Waals surface area contributed by atoms with E-state index >= 15 is 0 Å². The molecule has 4 aliphatic rings. The van der Waals surface area contributed by atoms with Crippen molar-refractivity contribution >= 4 is 7.82 Å². The van der Waals surface area contributed by atoms with Gasteiger partial charge >= 0.3 is 7.82 Å². The zero-order valence-corrected chi connectivity index (χ0v) is 30.9. The summed E-state index contributed by atoms with van der Waals surface area (Å²) in [6, 6.07) is 0. The molecule has 9 heteroatoms. The monoisotopic (exact) mass is 657 g/mol. The van der Waals surface area contributed by atoms with E-state index < -0.39 is 7.82 Å². The summed E-state index contributed by atoms with van der Waals surface area (Å²) in [5, 5.41) is 0. The molecule has 264 valence electrons. The molecule has 0 amide bonds. The Morgan fingerprint density at radius 3 is 2.36 bits per heavy atom. The zero-order chi connectivity index (χ0) is 32.2. The molecular weight excluding hydrogens is 589 g/mol. The molecule has 2 unspecified atom stereocenters. The third-order valence-electron chi connectivity index (χ3n) is 12.3. The van der Waals surface area contributed by atoms with Crippen molar-refractivity contribution in [1.82, 2.24) is 0 Å². The van der Waals surface area contributed by atoms with Crippen molar-refractivity contribution < 1.29 is 37.9 Å². The Morgan fingerprint density at radius 1 is 0.933 bits per heavy atom. The molecule has 0 aromatic rings. The first-order valence-corrected chi connectivity index (χ1v) is 19.5. The topological polar surface area (TPSA) is 104 Å². The number of hydrogen-bond donors (Lipinski definition) is 1. The number of phosphoric acid groups is 1. The van der Waals surface area contributed by atoms with Gasteiger partial charge in [0, 0.05) is 0 Å². The molecule has 4 rings (SSSR count). The molecule has 0 aromatic heterocycles. The van der Waals surface area contributed by atoms with E-state index in [1.807, 2.05) is 21.1 Å². The Bertz CT molecular complexity index is 998. The van der Waals surface area contributed by atoms with Crippen molar-refractivity contribution in [2.24, 2.45) is 46.3 Å². The van der Waals surface area contributed by atoms with Gasteiger partial charge in [0.1, 0.15) is 13.2 Å². The van der Waals surface area contributed by atoms with Crippen molar-refractivity contribution in [2.75, 3.05) is 60.7 Å². The van der Waals surface area contributed by atoms with E-state index in [9.17, 15) is 9.46 Å². The van der Waals surface area contributed by atoms with Gasteiger partial charge in [0.2, 0.25) is 0 Å². The van der Waals surface area contributed by atoms with Crippen LogP contribution in [0.3, 0.4) is 0 Å². The maximum absolute atomic E-state index is 12.0. The van der Waals surface area contributed by atoms with E-state index in [4.69, 9.17) is 18.5 Å². The summed E-state index contributed by atoms with van der Waals surface area (Å²) in [6.45, 7) is 14.6. The lowest BCUT2D eigenvalue weighted by Gasteiger charge is -2.58. The second kappa shape index (κ2) is 16.4. The molecule has 0 radical (unpaired) electrons. The highest BCUT2D eigenvalue weighted by Gasteiger charge is 2.59. The fraction of sp³-hybridized carbons (Fsp3) is 0.944. The highest BCUT2D eigenvalue weighted by atomic mass is 31.2. The number of hydrogen-bond acceptors (Lipinski definition) is 6. The highest BCUT2D eigenvalue weighted by Crippen LogP contribution is 2.67. The fourth-order valence-electron chi connectivity index (χ4n) is 9.85. The van der Waals surface area contributed by atoms with Crippen LogP contribution in [0.15, 0.2) is 11.6 Å². The predicted molar refractivity (Wildman–Crippen MR) is 180 cm³/mol. The molecule has 9 atom stereocenters. The molecule has 3 saturated carbocycles. The van der Waals surface area contributed by atoms with Gasteiger partial charge < -0.3 is 24.3 Å². The van der Waals surface area contributed by atoms with Crippen LogP contribution in [0.1, 0.15) is 105 Å². The van der Waals surface area contributed by atoms with Crippen LogP contribution in [-0.4, -0.2) is 81.7 Å². The van der Waals surface area contributed by atoms with E-state index in [0.717, 1.165) is 48.3 Å². The number of rotatable bonds is 17. The number of allylic oxidation sites excluding steroid dienone is 1. The quantitative estimate of drug-likeness (QED) is 0.0730. The van der Waals surface area contributed by atoms with Crippen molar-refractivity contribution in [3.05, 3.63) is 11.6 Å². The van der Waals surface area contributed by atoms with Crippen molar-refractivity contribution in [3.8, 4) is 0 Å². The van der Waals surface area contributed by atoms with E-state index in [-0.39, 0.29) is 31.4 Å². The van der Waals surface area contributed by atoms with Gasteiger partial charge in [-0.3, -0.25) is 9.05 Å². The fourth-order valence-corrected chi connectivity index (χ4v) is 10.5. The van der Waals surface area contributed by atoms with Crippen LogP contribution in [0.4, 0.5) is 0 Å². The summed E-state index contributed by atoms with van der Waals surface area (Å²) < 4.78 is 34.6. The minimum atomic E-state index is -4.04. The van der Waals surface area contributed by atoms with Gasteiger partial charge in [-0.1, -0.05) is 65.5 Å². The first kappa shape index (κ1) is 39.1. The molecule has 2 N–H and O–H groups in total. The summed E-state index contributed by atoms with van der Waals surface area (Å²) in [5.74, 6) is 5.20. The summed E-state index contributed by atoms with van der Waals surface area (Å²) in [7, 11) is 1.97. The summed E-state index contributed by atoms with van der Waals surface area (Å²) in [6.07, 6.45) is 17.5. The number of fused-ring (bicyclic) bond motifs is 5. The van der Waals surface area contributed by atoms with E-state index in [0.29, 0.717) is 35.1 Å². The smallest absolute Gasteiger partial charge is 0.472 e. The summed E-state index contributed by atoms with van der Waals surface area (Å²) in [5.41, 5.74) is 2.54. The van der Waals surface area contributed by atoms with Crippen LogP contribution >= 0.6 is 7.82 Å². The molecule has 3 fully saturated rings. The lowest BCUT2D eigenvalue weighted by molar-refractivity contribution is -0.870. The van der Waals surface area contributed by atoms with Crippen LogP contribution < -0.4 is 0 Å². The van der Waals surface area contributed by atoms with Gasteiger partial charge in [-0.15, -0.1) is 0 Å². The van der Waals surface area contributed by atoms with E-state index in [2.05, 4.69) is 40.7 Å². The molecule has 0 heterocycles. The molecule has 0 aliphatic heterocycles. The largest absolute Gasteiger partial charge is 0.870 e. The molecule has 4 aliphatic carbocycles. The number of likely N-dealkylation sites (N-methyl/N-ethyl adjacent to an activating group) is 1. The van der Waals surface area contributed by atoms with Crippen molar-refractivity contribution in [1.29, 1.82) is 0 Å². The SMILES string of the molecule is CC(C)CCC[C@@H](C)[C@H]1CC[C@H]2[C@@H]3CC=C4CC(OCCOCCOP(=O)(O)OCC[N+](C)(C)C)CC[C@]4(C)[C@H]3CC[C@]12C.[OH-]. The first-order chi connectivity index (χ1) is 20.6. The number of quaternary nitrogens is 1. The molecule has 0 aromatic carbocycles. The van der Waals surface area contributed by atoms with Crippen LogP contribution in [0.25, 0.3) is 0 Å². The van der Waals surface area contributed by atoms with Crippen molar-refractivity contribution in [3.63, 3.8) is 0 Å². The van der Waals surface area contributed by atoms with E-state index in [1.54, 1.807) is 5.57 Å². The van der Waals surface area contributed by atoms with Crippen LogP contribution in [0.5, 0.6) is 0 Å². The Kier molecular flexibility index (Phi) is 14.3. The minimum Gasteiger partial charge on any atom is -0.870 e. The lowest BCUT2D eigenvalue weighted by Crippen LogP contribution is -2.51. The number of phosphoric ester groups is 1. The molecular formula is C36H68NO7P. The zero-order valence-electron chi connectivity index (χ0n) is 30.0. The third kappa shape index (κ3) is 10.1. The van der Waals surface area contributed by atoms with Crippen molar-refractivity contribution in [2.45, 2.75) is 111 Å². The predicted octanol–water partition coefficient (Wildman–Crippen LogP) is 8.09. The Hall–Kier alpha value is -0.310. The third-order valence-corrected chi connectivity index (χ3v) is 13.4. The molecule has 0 bridgehead atoms. The first-order valence-electron chi connectivity index (χ1n) is 18.0. The summed E-state index contributed by atoms with van der Waals surface area (Å²) in [4.78, 5) is 9.82. The average Bonchev–Trinajstić information content (AvgIpc) is 3.28. The molecule has 0 saturated heterocycles. The van der Waals surface area contributed by atoms with Gasteiger partial charge in [-0.25, -0.2) is 4.57 Å². The normalized spacial score (nSPS) is 35.1. The molecule has 0 spiro atoms.